The van der Waals surface area contributed by atoms with Gasteiger partial charge in [0.15, 0.2) is 0 Å². The van der Waals surface area contributed by atoms with Crippen LogP contribution in [0.1, 0.15) is 28.9 Å². The van der Waals surface area contributed by atoms with Gasteiger partial charge in [-0.3, -0.25) is 14.9 Å². The summed E-state index contributed by atoms with van der Waals surface area (Å²) < 4.78 is 0. The highest BCUT2D eigenvalue weighted by atomic mass is 32.1. The summed E-state index contributed by atoms with van der Waals surface area (Å²) in [6, 6.07) is 3.13. The van der Waals surface area contributed by atoms with Crippen LogP contribution in [0, 0.1) is 22.0 Å². The molecule has 0 aromatic carbocycles. The fourth-order valence-corrected chi connectivity index (χ4v) is 4.17. The van der Waals surface area contributed by atoms with E-state index in [0.29, 0.717) is 23.3 Å². The van der Waals surface area contributed by atoms with E-state index >= 15 is 0 Å². The highest BCUT2D eigenvalue weighted by Gasteiger charge is 2.40. The van der Waals surface area contributed by atoms with Crippen LogP contribution in [0.2, 0.25) is 0 Å². The minimum absolute atomic E-state index is 0.0154. The molecular formula is C13H17N3O3S. The molecule has 7 heteroatoms. The van der Waals surface area contributed by atoms with Crippen molar-refractivity contribution in [3.8, 4) is 0 Å². The number of nitrogens with zero attached hydrogens (tertiary/aromatic N) is 2. The molecule has 3 unspecified atom stereocenters. The van der Waals surface area contributed by atoms with E-state index in [0.717, 1.165) is 37.1 Å². The predicted octanol–water partition coefficient (Wildman–Crippen LogP) is 1.86. The van der Waals surface area contributed by atoms with Crippen LogP contribution in [-0.2, 0) is 0 Å². The van der Waals surface area contributed by atoms with Crippen LogP contribution in [0.4, 0.5) is 5.00 Å². The van der Waals surface area contributed by atoms with Crippen molar-refractivity contribution < 1.29 is 9.72 Å². The molecule has 6 nitrogen and oxygen atoms in total. The Morgan fingerprint density at radius 1 is 1.40 bits per heavy atom. The largest absolute Gasteiger partial charge is 0.337 e. The molecule has 1 aromatic heterocycles. The highest BCUT2D eigenvalue weighted by molar-refractivity contribution is 7.17. The van der Waals surface area contributed by atoms with E-state index in [1.807, 2.05) is 4.90 Å². The van der Waals surface area contributed by atoms with Crippen LogP contribution in [0.3, 0.4) is 0 Å². The summed E-state index contributed by atoms with van der Waals surface area (Å²) in [7, 11) is 0. The van der Waals surface area contributed by atoms with Crippen LogP contribution in [0.25, 0.3) is 0 Å². The molecule has 1 aliphatic heterocycles. The third kappa shape index (κ3) is 2.31. The first-order valence-electron chi connectivity index (χ1n) is 6.85. The second-order valence-electron chi connectivity index (χ2n) is 5.62. The van der Waals surface area contributed by atoms with Crippen molar-refractivity contribution >= 4 is 22.2 Å². The van der Waals surface area contributed by atoms with E-state index in [1.54, 1.807) is 6.07 Å². The quantitative estimate of drug-likeness (QED) is 0.666. The Bertz CT molecular complexity index is 545. The lowest BCUT2D eigenvalue weighted by Gasteiger charge is -2.29. The monoisotopic (exact) mass is 295 g/mol. The molecule has 0 spiro atoms. The topological polar surface area (TPSA) is 89.5 Å². The number of carbonyl (C=O) groups is 1. The number of hydrogen-bond acceptors (Lipinski definition) is 5. The summed E-state index contributed by atoms with van der Waals surface area (Å²) in [5.41, 5.74) is 6.14. The van der Waals surface area contributed by atoms with E-state index in [1.165, 1.54) is 6.07 Å². The second-order valence-corrected chi connectivity index (χ2v) is 6.69. The third-order valence-corrected chi connectivity index (χ3v) is 5.45. The number of likely N-dealkylation sites (tertiary alicyclic amines) is 1. The number of nitro groups is 1. The van der Waals surface area contributed by atoms with Gasteiger partial charge >= 0.3 is 5.00 Å². The summed E-state index contributed by atoms with van der Waals surface area (Å²) in [4.78, 5) is 24.9. The maximum absolute atomic E-state index is 12.4. The maximum atomic E-state index is 12.4. The van der Waals surface area contributed by atoms with Crippen molar-refractivity contribution in [2.24, 2.45) is 17.6 Å². The zero-order chi connectivity index (χ0) is 14.3. The van der Waals surface area contributed by atoms with Gasteiger partial charge in [0, 0.05) is 25.2 Å². The van der Waals surface area contributed by atoms with E-state index in [9.17, 15) is 14.9 Å². The summed E-state index contributed by atoms with van der Waals surface area (Å²) in [6.45, 7) is 1.43. The fraction of sp³-hybridized carbons (Fsp3) is 0.615. The minimum Gasteiger partial charge on any atom is -0.337 e. The van der Waals surface area contributed by atoms with Gasteiger partial charge in [-0.05, 0) is 30.7 Å². The van der Waals surface area contributed by atoms with Crippen LogP contribution >= 0.6 is 11.3 Å². The summed E-state index contributed by atoms with van der Waals surface area (Å²) in [6.07, 6.45) is 3.30. The first-order valence-corrected chi connectivity index (χ1v) is 7.67. The third-order valence-electron chi connectivity index (χ3n) is 4.42. The zero-order valence-corrected chi connectivity index (χ0v) is 11.8. The number of fused-ring (bicyclic) bond motifs is 1. The molecule has 1 aromatic rings. The number of thiophene rings is 1. The number of rotatable bonds is 2. The number of nitrogens with two attached hydrogens (primary N) is 1. The molecule has 1 saturated carbocycles. The smallest absolute Gasteiger partial charge is 0.324 e. The van der Waals surface area contributed by atoms with E-state index in [4.69, 9.17) is 5.73 Å². The van der Waals surface area contributed by atoms with Crippen molar-refractivity contribution in [3.05, 3.63) is 27.1 Å². The average molecular weight is 295 g/mol. The number of hydrogen-bond donors (Lipinski definition) is 1. The molecule has 3 atom stereocenters. The molecule has 20 heavy (non-hydrogen) atoms. The van der Waals surface area contributed by atoms with Gasteiger partial charge in [0.25, 0.3) is 5.91 Å². The minimum atomic E-state index is -0.457. The van der Waals surface area contributed by atoms with Gasteiger partial charge in [-0.1, -0.05) is 17.8 Å². The lowest BCUT2D eigenvalue weighted by atomic mass is 9.78. The summed E-state index contributed by atoms with van der Waals surface area (Å²) >= 11 is 0.948. The van der Waals surface area contributed by atoms with E-state index in [-0.39, 0.29) is 17.0 Å². The zero-order valence-electron chi connectivity index (χ0n) is 11.0. The van der Waals surface area contributed by atoms with Crippen molar-refractivity contribution in [3.63, 3.8) is 0 Å². The maximum Gasteiger partial charge on any atom is 0.324 e. The van der Waals surface area contributed by atoms with Gasteiger partial charge in [0.05, 0.1) is 9.80 Å². The molecule has 2 heterocycles. The SMILES string of the molecule is NC1CCCC2CN(C(=O)c3ccc([N+](=O)[O-])s3)CC12. The molecule has 0 radical (unpaired) electrons. The van der Waals surface area contributed by atoms with Gasteiger partial charge in [0.2, 0.25) is 0 Å². The van der Waals surface area contributed by atoms with Gasteiger partial charge in [-0.25, -0.2) is 0 Å². The van der Waals surface area contributed by atoms with E-state index < -0.39 is 4.92 Å². The Morgan fingerprint density at radius 2 is 2.20 bits per heavy atom. The normalized spacial score (nSPS) is 29.2. The van der Waals surface area contributed by atoms with Gasteiger partial charge in [-0.15, -0.1) is 0 Å². The lowest BCUT2D eigenvalue weighted by Crippen LogP contribution is -2.38. The molecular weight excluding hydrogens is 278 g/mol. The molecule has 0 bridgehead atoms. The van der Waals surface area contributed by atoms with Crippen molar-refractivity contribution in [1.82, 2.24) is 4.90 Å². The van der Waals surface area contributed by atoms with Crippen molar-refractivity contribution in [1.29, 1.82) is 0 Å². The summed E-state index contributed by atoms with van der Waals surface area (Å²) in [5, 5.41) is 10.7. The molecule has 2 fully saturated rings. The average Bonchev–Trinajstić information content (AvgIpc) is 3.05. The van der Waals surface area contributed by atoms with Crippen molar-refractivity contribution in [2.75, 3.05) is 13.1 Å². The Hall–Kier alpha value is -1.47. The van der Waals surface area contributed by atoms with E-state index in [2.05, 4.69) is 0 Å². The number of carbonyl (C=O) groups excluding carboxylic acids is 1. The Labute approximate surface area is 120 Å². The first kappa shape index (κ1) is 13.5. The molecule has 108 valence electrons. The van der Waals surface area contributed by atoms with Gasteiger partial charge < -0.3 is 10.6 Å². The molecule has 1 saturated heterocycles. The molecule has 3 rings (SSSR count). The lowest BCUT2D eigenvalue weighted by molar-refractivity contribution is -0.380. The van der Waals surface area contributed by atoms with Crippen LogP contribution < -0.4 is 5.73 Å². The molecule has 1 amide bonds. The highest BCUT2D eigenvalue weighted by Crippen LogP contribution is 2.36. The van der Waals surface area contributed by atoms with Gasteiger partial charge in [0.1, 0.15) is 0 Å². The fourth-order valence-electron chi connectivity index (χ4n) is 3.38. The van der Waals surface area contributed by atoms with Crippen LogP contribution in [0.15, 0.2) is 12.1 Å². The summed E-state index contributed by atoms with van der Waals surface area (Å²) in [5.74, 6) is 0.796. The Kier molecular flexibility index (Phi) is 3.47. The van der Waals surface area contributed by atoms with Crippen LogP contribution in [-0.4, -0.2) is 34.9 Å². The Morgan fingerprint density at radius 3 is 2.85 bits per heavy atom. The predicted molar refractivity (Wildman–Crippen MR) is 75.7 cm³/mol. The standard InChI is InChI=1S/C13H17N3O3S/c14-10-3-1-2-8-6-15(7-9(8)10)13(17)11-4-5-12(20-11)16(18)19/h4-5,8-10H,1-3,6-7,14H2. The van der Waals surface area contributed by atoms with Gasteiger partial charge in [-0.2, -0.15) is 0 Å². The molecule has 2 aliphatic rings. The molecule has 1 aliphatic carbocycles. The van der Waals surface area contributed by atoms with Crippen LogP contribution in [0.5, 0.6) is 0 Å². The van der Waals surface area contributed by atoms with Crippen molar-refractivity contribution in [2.45, 2.75) is 25.3 Å². The second kappa shape index (κ2) is 5.14. The Balaban J connectivity index is 1.73. The first-order chi connectivity index (χ1) is 9.56. The number of amides is 1. The molecule has 2 N–H and O–H groups in total.